The van der Waals surface area contributed by atoms with Gasteiger partial charge >= 0.3 is 0 Å². The highest BCUT2D eigenvalue weighted by atomic mass is 32.1. The van der Waals surface area contributed by atoms with Gasteiger partial charge in [0.05, 0.1) is 28.2 Å². The molecule has 0 radical (unpaired) electrons. The van der Waals surface area contributed by atoms with Gasteiger partial charge in [-0.1, -0.05) is 51.3 Å². The maximum atomic E-state index is 13.7. The molecule has 42 heavy (non-hydrogen) atoms. The summed E-state index contributed by atoms with van der Waals surface area (Å²) in [5.41, 5.74) is 15.1. The second-order valence-electron chi connectivity index (χ2n) is 11.7. The fourth-order valence-electron chi connectivity index (χ4n) is 6.04. The van der Waals surface area contributed by atoms with Crippen molar-refractivity contribution in [2.45, 2.75) is 50.9 Å². The number of fused-ring (bicyclic) bond motifs is 2. The molecule has 6 nitrogen and oxygen atoms in total. The van der Waals surface area contributed by atoms with Crippen LogP contribution in [0.4, 0.5) is 5.69 Å². The first-order chi connectivity index (χ1) is 20.3. The van der Waals surface area contributed by atoms with Gasteiger partial charge in [0.1, 0.15) is 11.3 Å². The molecule has 2 aliphatic rings. The lowest BCUT2D eigenvalue weighted by molar-refractivity contribution is 0.0958. The average molecular weight is 579 g/mol. The number of nitrogens with one attached hydrogen (secondary N) is 1. The Morgan fingerprint density at radius 1 is 1.17 bits per heavy atom. The van der Waals surface area contributed by atoms with Gasteiger partial charge in [0.15, 0.2) is 5.78 Å². The molecule has 0 bridgehead atoms. The van der Waals surface area contributed by atoms with Crippen molar-refractivity contribution in [3.63, 3.8) is 0 Å². The van der Waals surface area contributed by atoms with Gasteiger partial charge < -0.3 is 15.8 Å². The first-order valence-electron chi connectivity index (χ1n) is 14.7. The maximum absolute atomic E-state index is 13.7. The number of thiazole rings is 1. The van der Waals surface area contributed by atoms with Gasteiger partial charge in [0.2, 0.25) is 0 Å². The quantitative estimate of drug-likeness (QED) is 0.175. The number of ether oxygens (including phenoxy) is 1. The van der Waals surface area contributed by atoms with E-state index in [-0.39, 0.29) is 17.6 Å². The van der Waals surface area contributed by atoms with Crippen LogP contribution in [0, 0.1) is 5.92 Å². The Balaban J connectivity index is 1.32. The molecule has 4 aromatic rings. The van der Waals surface area contributed by atoms with Gasteiger partial charge in [-0.25, -0.2) is 4.98 Å². The number of carbonyl (C=O) groups excluding carboxylic acids is 1. The second-order valence-corrected chi connectivity index (χ2v) is 12.8. The van der Waals surface area contributed by atoms with Crippen LogP contribution in [0.25, 0.3) is 33.6 Å². The van der Waals surface area contributed by atoms with E-state index in [2.05, 4.69) is 56.6 Å². The number of ketones is 1. The number of carbonyl (C=O) groups is 1. The number of pyridine rings is 1. The Morgan fingerprint density at radius 3 is 2.64 bits per heavy atom. The summed E-state index contributed by atoms with van der Waals surface area (Å²) in [5.74, 6) is 1.56. The molecule has 7 heteroatoms. The summed E-state index contributed by atoms with van der Waals surface area (Å²) in [4.78, 5) is 23.7. The monoisotopic (exact) mass is 578 g/mol. The van der Waals surface area contributed by atoms with Gasteiger partial charge in [-0.05, 0) is 59.7 Å². The van der Waals surface area contributed by atoms with E-state index in [0.717, 1.165) is 55.5 Å². The molecule has 1 saturated carbocycles. The molecule has 2 aromatic heterocycles. The van der Waals surface area contributed by atoms with E-state index in [1.54, 1.807) is 18.4 Å². The molecular weight excluding hydrogens is 540 g/mol. The summed E-state index contributed by atoms with van der Waals surface area (Å²) in [6, 6.07) is 12.3. The fraction of sp³-hybridized carbons (Fsp3) is 0.343. The number of aromatic nitrogens is 2. The number of anilines is 1. The normalized spacial score (nSPS) is 17.4. The topological polar surface area (TPSA) is 90.1 Å². The Labute approximate surface area is 251 Å². The highest BCUT2D eigenvalue weighted by Gasteiger charge is 2.30. The first-order valence-corrected chi connectivity index (χ1v) is 15.6. The van der Waals surface area contributed by atoms with Gasteiger partial charge in [-0.15, -0.1) is 11.3 Å². The van der Waals surface area contributed by atoms with E-state index < -0.39 is 0 Å². The standard InChI is InChI=1S/C35H38N4O2S/c1-6-21-8-11-24(13-22(21)7-2)32-33-26(20(4)18-37-33)16-28(38-32)27(17-36)19(3)12-29(40)25-14-30(41-5)34-31(15-25)42-35(39-34)23-9-10-23/h6-8,11,13-16,19-20,23,27,37H,1-2,9-10,12,17-18,36H2,3-5H3. The van der Waals surface area contributed by atoms with Gasteiger partial charge in [0, 0.05) is 54.1 Å². The van der Waals surface area contributed by atoms with Gasteiger partial charge in [-0.3, -0.25) is 9.78 Å². The molecule has 2 aromatic carbocycles. The number of nitrogens with two attached hydrogens (primary N) is 1. The van der Waals surface area contributed by atoms with Crippen molar-refractivity contribution >= 4 is 45.2 Å². The average Bonchev–Trinajstić information content (AvgIpc) is 3.66. The third kappa shape index (κ3) is 5.16. The van der Waals surface area contributed by atoms with Crippen molar-refractivity contribution < 1.29 is 9.53 Å². The highest BCUT2D eigenvalue weighted by molar-refractivity contribution is 7.18. The molecule has 0 amide bonds. The van der Waals surface area contributed by atoms with Crippen LogP contribution in [-0.4, -0.2) is 36.0 Å². The molecule has 3 unspecified atom stereocenters. The third-order valence-electron chi connectivity index (χ3n) is 8.76. The lowest BCUT2D eigenvalue weighted by Gasteiger charge is -2.24. The van der Waals surface area contributed by atoms with Crippen molar-refractivity contribution in [3.05, 3.63) is 82.5 Å². The Hall–Kier alpha value is -3.81. The Bertz CT molecular complexity index is 1700. The second kappa shape index (κ2) is 11.5. The van der Waals surface area contributed by atoms with Crippen LogP contribution in [-0.2, 0) is 0 Å². The number of nitrogens with zero attached hydrogens (tertiary/aromatic N) is 2. The molecule has 3 N–H and O–H groups in total. The van der Waals surface area contributed by atoms with E-state index >= 15 is 0 Å². The smallest absolute Gasteiger partial charge is 0.163 e. The minimum atomic E-state index is -0.0763. The third-order valence-corrected chi connectivity index (χ3v) is 9.92. The van der Waals surface area contributed by atoms with Crippen LogP contribution >= 0.6 is 11.3 Å². The lowest BCUT2D eigenvalue weighted by atomic mass is 9.84. The number of methoxy groups -OCH3 is 1. The summed E-state index contributed by atoms with van der Waals surface area (Å²) in [6.07, 6.45) is 6.43. The van der Waals surface area contributed by atoms with Gasteiger partial charge in [0.25, 0.3) is 0 Å². The van der Waals surface area contributed by atoms with Crippen molar-refractivity contribution in [1.29, 1.82) is 0 Å². The van der Waals surface area contributed by atoms with Crippen LogP contribution in [0.3, 0.4) is 0 Å². The fourth-order valence-corrected chi connectivity index (χ4v) is 7.24. The molecule has 1 aliphatic carbocycles. The number of hydrogen-bond acceptors (Lipinski definition) is 7. The SMILES string of the molecule is C=Cc1ccc(-c2nc(C(CN)C(C)CC(=O)c3cc(OC)c4nc(C5CC5)sc4c3)cc3c2NCC3C)cc1C=C. The molecule has 1 aliphatic heterocycles. The molecular formula is C35H38N4O2S. The van der Waals surface area contributed by atoms with E-state index in [1.165, 1.54) is 18.4 Å². The minimum Gasteiger partial charge on any atom is -0.494 e. The lowest BCUT2D eigenvalue weighted by Crippen LogP contribution is -2.23. The van der Waals surface area contributed by atoms with E-state index in [4.69, 9.17) is 20.4 Å². The van der Waals surface area contributed by atoms with Crippen LogP contribution in [0.2, 0.25) is 0 Å². The minimum absolute atomic E-state index is 0.0115. The molecule has 1 fully saturated rings. The van der Waals surface area contributed by atoms with E-state index in [0.29, 0.717) is 36.1 Å². The predicted octanol–water partition coefficient (Wildman–Crippen LogP) is 8.01. The number of Topliss-reactive ketones (excluding diaryl/α,β-unsaturated/α-hetero) is 1. The van der Waals surface area contributed by atoms with Crippen molar-refractivity contribution in [1.82, 2.24) is 9.97 Å². The predicted molar refractivity (Wildman–Crippen MR) is 175 cm³/mol. The van der Waals surface area contributed by atoms with Crippen molar-refractivity contribution in [2.24, 2.45) is 11.7 Å². The summed E-state index contributed by atoms with van der Waals surface area (Å²) in [6.45, 7) is 13.5. The maximum Gasteiger partial charge on any atom is 0.163 e. The Morgan fingerprint density at radius 2 is 1.95 bits per heavy atom. The van der Waals surface area contributed by atoms with Crippen LogP contribution in [0.1, 0.15) is 88.6 Å². The van der Waals surface area contributed by atoms with Crippen LogP contribution in [0.15, 0.2) is 49.6 Å². The molecule has 216 valence electrons. The summed E-state index contributed by atoms with van der Waals surface area (Å²) in [7, 11) is 1.64. The largest absolute Gasteiger partial charge is 0.494 e. The number of rotatable bonds is 11. The molecule has 3 heterocycles. The van der Waals surface area contributed by atoms with Crippen molar-refractivity contribution in [3.8, 4) is 17.0 Å². The van der Waals surface area contributed by atoms with E-state index in [9.17, 15) is 4.79 Å². The van der Waals surface area contributed by atoms with Crippen LogP contribution in [0.5, 0.6) is 5.75 Å². The zero-order valence-electron chi connectivity index (χ0n) is 24.6. The summed E-state index contributed by atoms with van der Waals surface area (Å²) in [5, 5.41) is 4.72. The molecule has 3 atom stereocenters. The van der Waals surface area contributed by atoms with Crippen molar-refractivity contribution in [2.75, 3.05) is 25.5 Å². The zero-order valence-corrected chi connectivity index (χ0v) is 25.4. The zero-order chi connectivity index (χ0) is 29.5. The summed E-state index contributed by atoms with van der Waals surface area (Å²) >= 11 is 1.68. The molecule has 6 rings (SSSR count). The first kappa shape index (κ1) is 28.3. The van der Waals surface area contributed by atoms with Gasteiger partial charge in [-0.2, -0.15) is 0 Å². The highest BCUT2D eigenvalue weighted by Crippen LogP contribution is 2.45. The van der Waals surface area contributed by atoms with E-state index in [1.807, 2.05) is 24.3 Å². The number of benzene rings is 2. The van der Waals surface area contributed by atoms with Crippen LogP contribution < -0.4 is 15.8 Å². The molecule has 0 saturated heterocycles. The number of hydrogen-bond donors (Lipinski definition) is 2. The molecule has 0 spiro atoms. The summed E-state index contributed by atoms with van der Waals surface area (Å²) < 4.78 is 6.67. The Kier molecular flexibility index (Phi) is 7.73.